The molecule has 4 nitrogen and oxygen atoms in total. The maximum absolute atomic E-state index is 11.9. The zero-order valence-electron chi connectivity index (χ0n) is 15.0. The van der Waals surface area contributed by atoms with E-state index in [4.69, 9.17) is 6.64 Å². The van der Waals surface area contributed by atoms with E-state index in [1.165, 1.54) is 11.1 Å². The molecule has 0 saturated carbocycles. The first kappa shape index (κ1) is 19.2. The first-order valence-electron chi connectivity index (χ1n) is 7.85. The van der Waals surface area contributed by atoms with Gasteiger partial charge < -0.3 is 0 Å². The van der Waals surface area contributed by atoms with Crippen molar-refractivity contribution in [1.29, 1.82) is 0 Å². The van der Waals surface area contributed by atoms with Gasteiger partial charge in [-0.2, -0.15) is 0 Å². The van der Waals surface area contributed by atoms with Gasteiger partial charge >= 0.3 is 138 Å². The van der Waals surface area contributed by atoms with Crippen LogP contribution < -0.4 is 0 Å². The minimum atomic E-state index is -3.74. The molecule has 0 amide bonds. The van der Waals surface area contributed by atoms with Crippen molar-refractivity contribution in [1.82, 2.24) is 0 Å². The van der Waals surface area contributed by atoms with E-state index in [9.17, 15) is 9.59 Å². The molecular weight excluding hydrogens is 316 g/mol. The Morgan fingerprint density at radius 1 is 0.955 bits per heavy atom. The first-order chi connectivity index (χ1) is 10.0. The Hall–Kier alpha value is -0.866. The van der Waals surface area contributed by atoms with Crippen molar-refractivity contribution in [2.45, 2.75) is 66.5 Å². The second-order valence-electron chi connectivity index (χ2n) is 6.48. The summed E-state index contributed by atoms with van der Waals surface area (Å²) < 4.78 is 12.6. The fourth-order valence-electron chi connectivity index (χ4n) is 3.20. The van der Waals surface area contributed by atoms with Crippen LogP contribution in [0.2, 0.25) is 5.23 Å². The normalized spacial score (nSPS) is 17.8. The third kappa shape index (κ3) is 3.38. The van der Waals surface area contributed by atoms with E-state index in [2.05, 4.69) is 27.7 Å². The van der Waals surface area contributed by atoms with Crippen molar-refractivity contribution in [3.63, 3.8) is 0 Å². The Morgan fingerprint density at radius 2 is 1.36 bits per heavy atom. The van der Waals surface area contributed by atoms with Gasteiger partial charge in [-0.1, -0.05) is 0 Å². The van der Waals surface area contributed by atoms with Gasteiger partial charge in [-0.05, 0) is 0 Å². The Morgan fingerprint density at radius 3 is 1.64 bits per heavy atom. The molecule has 0 aromatic carbocycles. The number of hydrogen-bond donors (Lipinski definition) is 0. The third-order valence-corrected chi connectivity index (χ3v) is 9.62. The second kappa shape index (κ2) is 6.71. The van der Waals surface area contributed by atoms with E-state index in [1.54, 1.807) is 13.8 Å². The van der Waals surface area contributed by atoms with Gasteiger partial charge in [0.15, 0.2) is 0 Å². The average molecular weight is 344 g/mol. The molecule has 0 heterocycles. The van der Waals surface area contributed by atoms with Crippen LogP contribution in [0.1, 0.15) is 61.3 Å². The van der Waals surface area contributed by atoms with Crippen LogP contribution in [0.25, 0.3) is 0 Å². The fourth-order valence-corrected chi connectivity index (χ4v) is 8.82. The monoisotopic (exact) mass is 344 g/mol. The number of carbonyl (C=O) groups is 2. The molecule has 0 saturated heterocycles. The SMILES string of the molecule is CCC(=O)[O][Ti]([CH3])([O]C(=O)CC)[C]1=C(C)C(C)=C(C)C1(C)C. The molecule has 5 heteroatoms. The quantitative estimate of drug-likeness (QED) is 0.685. The van der Waals surface area contributed by atoms with E-state index in [0.29, 0.717) is 0 Å². The molecule has 0 radical (unpaired) electrons. The summed E-state index contributed by atoms with van der Waals surface area (Å²) in [5.41, 5.74) is 3.32. The molecule has 0 aromatic rings. The molecule has 124 valence electrons. The van der Waals surface area contributed by atoms with E-state index in [1.807, 2.05) is 12.2 Å². The maximum atomic E-state index is 11.9. The van der Waals surface area contributed by atoms with Crippen molar-refractivity contribution in [2.75, 3.05) is 0 Å². The molecule has 22 heavy (non-hydrogen) atoms. The van der Waals surface area contributed by atoms with Crippen LogP contribution in [-0.2, 0) is 33.6 Å². The molecule has 0 bridgehead atoms. The predicted molar refractivity (Wildman–Crippen MR) is 83.5 cm³/mol. The molecule has 1 aliphatic rings. The molecule has 0 spiro atoms. The molecule has 0 unspecified atom stereocenters. The Labute approximate surface area is 138 Å². The van der Waals surface area contributed by atoms with Crippen LogP contribution in [0.4, 0.5) is 0 Å². The summed E-state index contributed by atoms with van der Waals surface area (Å²) in [5.74, 6) is -0.602. The van der Waals surface area contributed by atoms with Crippen LogP contribution >= 0.6 is 0 Å². The van der Waals surface area contributed by atoms with Crippen molar-refractivity contribution < 1.29 is 33.6 Å². The molecule has 0 N–H and O–H groups in total. The van der Waals surface area contributed by atoms with Gasteiger partial charge in [0, 0.05) is 0 Å². The zero-order valence-corrected chi connectivity index (χ0v) is 16.6. The van der Waals surface area contributed by atoms with Crippen LogP contribution in [0.3, 0.4) is 0 Å². The molecule has 1 rings (SSSR count). The van der Waals surface area contributed by atoms with Crippen LogP contribution in [0.15, 0.2) is 20.6 Å². The Bertz CT molecular complexity index is 537. The number of allylic oxidation sites excluding steroid dienone is 4. The van der Waals surface area contributed by atoms with Gasteiger partial charge in [-0.3, -0.25) is 0 Å². The molecule has 0 aromatic heterocycles. The number of carbonyl (C=O) groups excluding carboxylic acids is 2. The Balaban J connectivity index is 3.40. The fraction of sp³-hybridized carbons (Fsp3) is 0.647. The van der Waals surface area contributed by atoms with Gasteiger partial charge in [0.05, 0.1) is 0 Å². The first-order valence-corrected chi connectivity index (χ1v) is 11.5. The predicted octanol–water partition coefficient (Wildman–Crippen LogP) is 4.58. The number of hydrogen-bond acceptors (Lipinski definition) is 4. The number of rotatable bonds is 5. The van der Waals surface area contributed by atoms with Gasteiger partial charge in [0.1, 0.15) is 0 Å². The summed E-state index contributed by atoms with van der Waals surface area (Å²) in [6, 6.07) is 0. The van der Waals surface area contributed by atoms with E-state index in [-0.39, 0.29) is 30.2 Å². The van der Waals surface area contributed by atoms with Crippen molar-refractivity contribution >= 4 is 11.9 Å². The zero-order chi connectivity index (χ0) is 17.3. The van der Waals surface area contributed by atoms with E-state index >= 15 is 0 Å². The summed E-state index contributed by atoms with van der Waals surface area (Å²) in [5, 5.41) is 1.85. The second-order valence-corrected chi connectivity index (χ2v) is 10.8. The third-order valence-electron chi connectivity index (χ3n) is 4.71. The standard InChI is InChI=1S/C10H15.2C3H6O2.CH3.Ti/c1-7-6-10(4,5)9(3)8(7)2;2*1-2-3(4)5;;/h1-5H3;2*2H2,1H3,(H,4,5);1H3;/q;;;;+2/p-2. The molecule has 0 atom stereocenters. The van der Waals surface area contributed by atoms with Crippen molar-refractivity contribution in [3.05, 3.63) is 20.6 Å². The van der Waals surface area contributed by atoms with Crippen molar-refractivity contribution in [2.24, 2.45) is 5.41 Å². The van der Waals surface area contributed by atoms with E-state index in [0.717, 1.165) is 9.45 Å². The van der Waals surface area contributed by atoms with Gasteiger partial charge in [0.2, 0.25) is 0 Å². The molecule has 0 aliphatic heterocycles. The summed E-state index contributed by atoms with van der Waals surface area (Å²) in [6.07, 6.45) is 0.561. The topological polar surface area (TPSA) is 52.6 Å². The van der Waals surface area contributed by atoms with Gasteiger partial charge in [-0.15, -0.1) is 0 Å². The molecular formula is C17H28O4Ti. The minimum absolute atomic E-state index is 0.245. The van der Waals surface area contributed by atoms with E-state index < -0.39 is 17.4 Å². The van der Waals surface area contributed by atoms with Gasteiger partial charge in [0.25, 0.3) is 0 Å². The van der Waals surface area contributed by atoms with Crippen molar-refractivity contribution in [3.8, 4) is 0 Å². The Kier molecular flexibility index (Phi) is 5.85. The summed E-state index contributed by atoms with van der Waals surface area (Å²) in [7, 11) is 0. The molecule has 0 fully saturated rings. The van der Waals surface area contributed by atoms with Crippen LogP contribution in [0, 0.1) is 5.41 Å². The van der Waals surface area contributed by atoms with Crippen LogP contribution in [-0.4, -0.2) is 11.9 Å². The summed E-state index contributed by atoms with van der Waals surface area (Å²) >= 11 is -3.74. The summed E-state index contributed by atoms with van der Waals surface area (Å²) in [6.45, 7) is 13.9. The van der Waals surface area contributed by atoms with Crippen LogP contribution in [0.5, 0.6) is 0 Å². The van der Waals surface area contributed by atoms with Gasteiger partial charge in [-0.25, -0.2) is 0 Å². The summed E-state index contributed by atoms with van der Waals surface area (Å²) in [4.78, 5) is 23.9. The average Bonchev–Trinajstić information content (AvgIpc) is 2.58. The molecule has 1 aliphatic carbocycles.